The van der Waals surface area contributed by atoms with Crippen LogP contribution in [0.25, 0.3) is 0 Å². The molecule has 0 aliphatic carbocycles. The second kappa shape index (κ2) is 6.39. The second-order valence-corrected chi connectivity index (χ2v) is 4.92. The summed E-state index contributed by atoms with van der Waals surface area (Å²) in [6.45, 7) is 5.13. The van der Waals surface area contributed by atoms with E-state index in [-0.39, 0.29) is 0 Å². The van der Waals surface area contributed by atoms with Gasteiger partial charge in [0.1, 0.15) is 5.75 Å². The number of phenols is 1. The third-order valence-electron chi connectivity index (χ3n) is 3.38. The van der Waals surface area contributed by atoms with E-state index in [0.717, 1.165) is 13.0 Å². The molecule has 2 aromatic rings. The van der Waals surface area contributed by atoms with Crippen molar-refractivity contribution in [1.29, 1.82) is 0 Å². The van der Waals surface area contributed by atoms with E-state index in [9.17, 15) is 5.11 Å². The zero-order valence-corrected chi connectivity index (χ0v) is 11.6. The van der Waals surface area contributed by atoms with E-state index in [1.165, 1.54) is 16.7 Å². The van der Waals surface area contributed by atoms with E-state index >= 15 is 0 Å². The second-order valence-electron chi connectivity index (χ2n) is 4.92. The Bertz CT molecular complexity index is 502. The van der Waals surface area contributed by atoms with E-state index < -0.39 is 0 Å². The third-order valence-corrected chi connectivity index (χ3v) is 3.38. The first kappa shape index (κ1) is 13.6. The summed E-state index contributed by atoms with van der Waals surface area (Å²) in [7, 11) is 0. The zero-order valence-electron chi connectivity index (χ0n) is 11.6. The van der Waals surface area contributed by atoms with E-state index in [4.69, 9.17) is 0 Å². The number of nitrogens with one attached hydrogen (secondary N) is 1. The topological polar surface area (TPSA) is 32.3 Å². The van der Waals surface area contributed by atoms with Gasteiger partial charge in [0, 0.05) is 12.6 Å². The van der Waals surface area contributed by atoms with Crippen molar-refractivity contribution in [1.82, 2.24) is 5.32 Å². The van der Waals surface area contributed by atoms with Crippen molar-refractivity contribution in [3.05, 3.63) is 65.2 Å². The van der Waals surface area contributed by atoms with E-state index in [1.54, 1.807) is 12.1 Å². The Morgan fingerprint density at radius 1 is 1.00 bits per heavy atom. The Morgan fingerprint density at radius 2 is 1.63 bits per heavy atom. The Morgan fingerprint density at radius 3 is 2.21 bits per heavy atom. The molecule has 0 amide bonds. The minimum absolute atomic E-state index is 0.317. The van der Waals surface area contributed by atoms with Gasteiger partial charge >= 0.3 is 0 Å². The summed E-state index contributed by atoms with van der Waals surface area (Å²) in [4.78, 5) is 0. The highest BCUT2D eigenvalue weighted by Gasteiger charge is 2.08. The summed E-state index contributed by atoms with van der Waals surface area (Å²) in [6, 6.07) is 16.4. The standard InChI is InChI=1S/C17H21NO/c1-3-17(15-8-10-16(19)11-9-15)18-12-14-6-4-13(2)5-7-14/h4-11,17-19H,3,12H2,1-2H3. The number of hydrogen-bond donors (Lipinski definition) is 2. The third kappa shape index (κ3) is 3.83. The molecule has 1 atom stereocenters. The Kier molecular flexibility index (Phi) is 4.58. The van der Waals surface area contributed by atoms with Crippen molar-refractivity contribution in [2.45, 2.75) is 32.9 Å². The lowest BCUT2D eigenvalue weighted by Crippen LogP contribution is -2.20. The maximum atomic E-state index is 9.32. The molecule has 2 nitrogen and oxygen atoms in total. The van der Waals surface area contributed by atoms with Crippen LogP contribution < -0.4 is 5.32 Å². The van der Waals surface area contributed by atoms with Crippen molar-refractivity contribution in [2.24, 2.45) is 0 Å². The van der Waals surface area contributed by atoms with Crippen molar-refractivity contribution >= 4 is 0 Å². The maximum Gasteiger partial charge on any atom is 0.115 e. The van der Waals surface area contributed by atoms with Crippen molar-refractivity contribution < 1.29 is 5.11 Å². The van der Waals surface area contributed by atoms with Crippen molar-refractivity contribution in [2.75, 3.05) is 0 Å². The van der Waals surface area contributed by atoms with Crippen LogP contribution in [0.15, 0.2) is 48.5 Å². The molecule has 0 saturated heterocycles. The molecule has 1 unspecified atom stereocenters. The average Bonchev–Trinajstić information content (AvgIpc) is 2.43. The number of benzene rings is 2. The van der Waals surface area contributed by atoms with Crippen LogP contribution in [-0.4, -0.2) is 5.11 Å². The van der Waals surface area contributed by atoms with E-state index in [1.807, 2.05) is 12.1 Å². The van der Waals surface area contributed by atoms with Crippen LogP contribution in [0.3, 0.4) is 0 Å². The summed E-state index contributed by atoms with van der Waals surface area (Å²) >= 11 is 0. The monoisotopic (exact) mass is 255 g/mol. The van der Waals surface area contributed by atoms with Crippen LogP contribution in [0.5, 0.6) is 5.75 Å². The summed E-state index contributed by atoms with van der Waals surface area (Å²) in [5.74, 6) is 0.317. The van der Waals surface area contributed by atoms with Crippen LogP contribution in [0.2, 0.25) is 0 Å². The molecule has 0 bridgehead atoms. The van der Waals surface area contributed by atoms with Gasteiger partial charge in [0.2, 0.25) is 0 Å². The minimum Gasteiger partial charge on any atom is -0.508 e. The molecule has 2 heteroatoms. The van der Waals surface area contributed by atoms with Crippen LogP contribution in [0.1, 0.15) is 36.1 Å². The quantitative estimate of drug-likeness (QED) is 0.848. The number of rotatable bonds is 5. The molecule has 100 valence electrons. The number of aromatic hydroxyl groups is 1. The average molecular weight is 255 g/mol. The largest absolute Gasteiger partial charge is 0.508 e. The van der Waals surface area contributed by atoms with Crippen LogP contribution >= 0.6 is 0 Å². The van der Waals surface area contributed by atoms with Crippen LogP contribution in [0, 0.1) is 6.92 Å². The fourth-order valence-electron chi connectivity index (χ4n) is 2.15. The van der Waals surface area contributed by atoms with Gasteiger partial charge in [0.05, 0.1) is 0 Å². The Balaban J connectivity index is 1.99. The Labute approximate surface area is 115 Å². The summed E-state index contributed by atoms with van der Waals surface area (Å²) in [6.07, 6.45) is 1.02. The molecule has 0 saturated carbocycles. The fraction of sp³-hybridized carbons (Fsp3) is 0.294. The highest BCUT2D eigenvalue weighted by molar-refractivity contribution is 5.28. The Hall–Kier alpha value is -1.80. The predicted octanol–water partition coefficient (Wildman–Crippen LogP) is 3.94. The maximum absolute atomic E-state index is 9.32. The highest BCUT2D eigenvalue weighted by Crippen LogP contribution is 2.20. The lowest BCUT2D eigenvalue weighted by molar-refractivity contribution is 0.473. The molecule has 0 aliphatic rings. The molecule has 19 heavy (non-hydrogen) atoms. The molecular weight excluding hydrogens is 234 g/mol. The van der Waals surface area contributed by atoms with Crippen molar-refractivity contribution in [3.8, 4) is 5.75 Å². The predicted molar refractivity (Wildman–Crippen MR) is 79.2 cm³/mol. The van der Waals surface area contributed by atoms with E-state index in [0.29, 0.717) is 11.8 Å². The van der Waals surface area contributed by atoms with Crippen LogP contribution in [0.4, 0.5) is 0 Å². The van der Waals surface area contributed by atoms with Gasteiger partial charge in [0.15, 0.2) is 0 Å². The minimum atomic E-state index is 0.317. The lowest BCUT2D eigenvalue weighted by Gasteiger charge is -2.17. The van der Waals surface area contributed by atoms with Gasteiger partial charge in [-0.3, -0.25) is 0 Å². The normalized spacial score (nSPS) is 12.3. The van der Waals surface area contributed by atoms with Gasteiger partial charge in [0.25, 0.3) is 0 Å². The molecule has 0 aromatic heterocycles. The van der Waals surface area contributed by atoms with Gasteiger partial charge < -0.3 is 10.4 Å². The molecule has 2 N–H and O–H groups in total. The summed E-state index contributed by atoms with van der Waals surface area (Å²) in [5, 5.41) is 12.9. The fourth-order valence-corrected chi connectivity index (χ4v) is 2.15. The van der Waals surface area contributed by atoms with Crippen molar-refractivity contribution in [3.63, 3.8) is 0 Å². The van der Waals surface area contributed by atoms with Crippen LogP contribution in [-0.2, 0) is 6.54 Å². The molecule has 2 rings (SSSR count). The number of aryl methyl sites for hydroxylation is 1. The van der Waals surface area contributed by atoms with E-state index in [2.05, 4.69) is 43.4 Å². The van der Waals surface area contributed by atoms with Gasteiger partial charge in [-0.1, -0.05) is 48.9 Å². The molecule has 0 fully saturated rings. The molecule has 0 heterocycles. The molecule has 2 aromatic carbocycles. The van der Waals surface area contributed by atoms with Gasteiger partial charge in [-0.2, -0.15) is 0 Å². The first-order valence-corrected chi connectivity index (χ1v) is 6.77. The summed E-state index contributed by atoms with van der Waals surface area (Å²) in [5.41, 5.74) is 3.80. The first-order chi connectivity index (χ1) is 9.19. The first-order valence-electron chi connectivity index (χ1n) is 6.77. The molecular formula is C17H21NO. The number of hydrogen-bond acceptors (Lipinski definition) is 2. The van der Waals surface area contributed by atoms with Gasteiger partial charge in [-0.05, 0) is 36.6 Å². The smallest absolute Gasteiger partial charge is 0.115 e. The molecule has 0 spiro atoms. The highest BCUT2D eigenvalue weighted by atomic mass is 16.3. The molecule has 0 radical (unpaired) electrons. The zero-order chi connectivity index (χ0) is 13.7. The summed E-state index contributed by atoms with van der Waals surface area (Å²) < 4.78 is 0. The van der Waals surface area contributed by atoms with Gasteiger partial charge in [-0.15, -0.1) is 0 Å². The van der Waals surface area contributed by atoms with Gasteiger partial charge in [-0.25, -0.2) is 0 Å². The lowest BCUT2D eigenvalue weighted by atomic mass is 10.0. The molecule has 0 aliphatic heterocycles. The number of phenolic OH excluding ortho intramolecular Hbond substituents is 1. The SMILES string of the molecule is CCC(NCc1ccc(C)cc1)c1ccc(O)cc1.